The lowest BCUT2D eigenvalue weighted by Crippen LogP contribution is -2.03. The van der Waals surface area contributed by atoms with Gasteiger partial charge in [0.1, 0.15) is 0 Å². The van der Waals surface area contributed by atoms with Crippen molar-refractivity contribution >= 4 is 5.97 Å². The fraction of sp³-hybridized carbons (Fsp3) is 0.500. The second-order valence-electron chi connectivity index (χ2n) is 1.28. The van der Waals surface area contributed by atoms with E-state index < -0.39 is 5.97 Å². The lowest BCUT2D eigenvalue weighted by atomic mass is 10.5. The van der Waals surface area contributed by atoms with Gasteiger partial charge < -0.3 is 0 Å². The number of terminal acetylenes is 1. The molecule has 0 saturated carbocycles. The first kappa shape index (κ1) is 7.99. The third-order valence-electron chi connectivity index (χ3n) is 0.583. The van der Waals surface area contributed by atoms with Gasteiger partial charge >= 0.3 is 5.97 Å². The van der Waals surface area contributed by atoms with E-state index in [4.69, 9.17) is 6.42 Å². The van der Waals surface area contributed by atoms with E-state index in [-0.39, 0.29) is 6.61 Å². The maximum Gasteiger partial charge on any atom is 0.342 e. The summed E-state index contributed by atoms with van der Waals surface area (Å²) in [5.74, 6) is 1.74. The summed E-state index contributed by atoms with van der Waals surface area (Å²) in [6, 6.07) is 0. The van der Waals surface area contributed by atoms with Gasteiger partial charge in [0.2, 0.25) is 0 Å². The zero-order valence-electron chi connectivity index (χ0n) is 5.22. The molecule has 0 aliphatic rings. The first-order valence-corrected chi connectivity index (χ1v) is 2.57. The summed E-state index contributed by atoms with van der Waals surface area (Å²) >= 11 is 0. The molecule has 0 amide bonds. The second kappa shape index (κ2) is 5.13. The molecule has 0 radical (unpaired) electrons. The van der Waals surface area contributed by atoms with Crippen molar-refractivity contribution in [2.75, 3.05) is 6.61 Å². The Labute approximate surface area is 53.9 Å². The van der Waals surface area contributed by atoms with Crippen LogP contribution in [0.2, 0.25) is 0 Å². The van der Waals surface area contributed by atoms with E-state index in [0.717, 1.165) is 0 Å². The maximum atomic E-state index is 10.3. The zero-order valence-corrected chi connectivity index (χ0v) is 5.22. The largest absolute Gasteiger partial charge is 0.342 e. The van der Waals surface area contributed by atoms with Crippen LogP contribution in [0.25, 0.3) is 0 Å². The van der Waals surface area contributed by atoms with Gasteiger partial charge in [0.25, 0.3) is 0 Å². The van der Waals surface area contributed by atoms with E-state index in [9.17, 15) is 4.79 Å². The molecule has 0 rings (SSSR count). The van der Waals surface area contributed by atoms with Crippen LogP contribution in [0.15, 0.2) is 0 Å². The average molecular weight is 128 g/mol. The molecule has 9 heavy (non-hydrogen) atoms. The highest BCUT2D eigenvalue weighted by Crippen LogP contribution is 1.83. The Bertz CT molecular complexity index is 123. The van der Waals surface area contributed by atoms with Crippen molar-refractivity contribution in [3.8, 4) is 12.3 Å². The van der Waals surface area contributed by atoms with Gasteiger partial charge in [0.15, 0.2) is 6.61 Å². The Balaban J connectivity index is 3.09. The second-order valence-corrected chi connectivity index (χ2v) is 1.28. The van der Waals surface area contributed by atoms with Gasteiger partial charge in [0.05, 0.1) is 0 Å². The molecule has 0 aliphatic heterocycles. The molecule has 0 fully saturated rings. The van der Waals surface area contributed by atoms with Crippen molar-refractivity contribution in [2.24, 2.45) is 0 Å². The van der Waals surface area contributed by atoms with Crippen molar-refractivity contribution in [3.63, 3.8) is 0 Å². The summed E-state index contributed by atoms with van der Waals surface area (Å²) < 4.78 is 0. The molecule has 50 valence electrons. The molecular formula is C6H8O3. The Kier molecular flexibility index (Phi) is 4.56. The summed E-state index contributed by atoms with van der Waals surface area (Å²) in [5, 5.41) is 0. The normalized spacial score (nSPS) is 8.00. The van der Waals surface area contributed by atoms with E-state index in [2.05, 4.69) is 15.7 Å². The van der Waals surface area contributed by atoms with Crippen LogP contribution >= 0.6 is 0 Å². The summed E-state index contributed by atoms with van der Waals surface area (Å²) in [6.07, 6.45) is 5.09. The van der Waals surface area contributed by atoms with Crippen LogP contribution in [0.1, 0.15) is 13.3 Å². The SMILES string of the molecule is C#CCOOC(=O)CC. The van der Waals surface area contributed by atoms with E-state index in [0.29, 0.717) is 6.42 Å². The van der Waals surface area contributed by atoms with Crippen LogP contribution in [0.4, 0.5) is 0 Å². The molecule has 3 heteroatoms. The van der Waals surface area contributed by atoms with Gasteiger partial charge in [-0.1, -0.05) is 12.8 Å². The predicted octanol–water partition coefficient (Wildman–Crippen LogP) is 0.504. The molecular weight excluding hydrogens is 120 g/mol. The van der Waals surface area contributed by atoms with E-state index in [1.807, 2.05) is 0 Å². The Morgan fingerprint density at radius 2 is 2.44 bits per heavy atom. The molecule has 3 nitrogen and oxygen atoms in total. The molecule has 0 spiro atoms. The Morgan fingerprint density at radius 3 is 2.89 bits per heavy atom. The van der Waals surface area contributed by atoms with Crippen molar-refractivity contribution in [3.05, 3.63) is 0 Å². The molecule has 0 atom stereocenters. The molecule has 0 heterocycles. The third kappa shape index (κ3) is 4.85. The first-order valence-electron chi connectivity index (χ1n) is 2.57. The Morgan fingerprint density at radius 1 is 1.78 bits per heavy atom. The van der Waals surface area contributed by atoms with E-state index in [1.165, 1.54) is 0 Å². The van der Waals surface area contributed by atoms with Crippen molar-refractivity contribution in [1.82, 2.24) is 0 Å². The van der Waals surface area contributed by atoms with Gasteiger partial charge in [-0.25, -0.2) is 4.79 Å². The number of hydrogen-bond donors (Lipinski definition) is 0. The molecule has 0 unspecified atom stereocenters. The number of carbonyl (C=O) groups excluding carboxylic acids is 1. The highest BCUT2D eigenvalue weighted by Gasteiger charge is 1.95. The van der Waals surface area contributed by atoms with Gasteiger partial charge in [-0.05, 0) is 0 Å². The van der Waals surface area contributed by atoms with Gasteiger partial charge in [-0.3, -0.25) is 4.89 Å². The maximum absolute atomic E-state index is 10.3. The summed E-state index contributed by atoms with van der Waals surface area (Å²) in [7, 11) is 0. The smallest absolute Gasteiger partial charge is 0.297 e. The monoisotopic (exact) mass is 128 g/mol. The molecule has 0 aliphatic carbocycles. The van der Waals surface area contributed by atoms with Crippen LogP contribution in [0, 0.1) is 12.3 Å². The van der Waals surface area contributed by atoms with Gasteiger partial charge in [0, 0.05) is 6.42 Å². The fourth-order valence-electron chi connectivity index (χ4n) is 0.188. The summed E-state index contributed by atoms with van der Waals surface area (Å²) in [4.78, 5) is 18.7. The molecule has 0 aromatic carbocycles. The topological polar surface area (TPSA) is 35.5 Å². The molecule has 0 saturated heterocycles. The summed E-state index contributed by atoms with van der Waals surface area (Å²) in [5.41, 5.74) is 0. The standard InChI is InChI=1S/C6H8O3/c1-3-5-8-9-6(7)4-2/h1H,4-5H2,2H3. The number of rotatable bonds is 3. The number of hydrogen-bond acceptors (Lipinski definition) is 3. The fourth-order valence-corrected chi connectivity index (χ4v) is 0.188. The van der Waals surface area contributed by atoms with Crippen LogP contribution in [-0.4, -0.2) is 12.6 Å². The lowest BCUT2D eigenvalue weighted by Gasteiger charge is -1.95. The van der Waals surface area contributed by atoms with Gasteiger partial charge in [-0.15, -0.1) is 6.42 Å². The van der Waals surface area contributed by atoms with Crippen molar-refractivity contribution in [1.29, 1.82) is 0 Å². The highest BCUT2D eigenvalue weighted by molar-refractivity contribution is 5.68. The zero-order chi connectivity index (χ0) is 7.11. The van der Waals surface area contributed by atoms with Crippen LogP contribution in [-0.2, 0) is 14.6 Å². The predicted molar refractivity (Wildman–Crippen MR) is 31.2 cm³/mol. The minimum Gasteiger partial charge on any atom is -0.297 e. The van der Waals surface area contributed by atoms with Crippen molar-refractivity contribution in [2.45, 2.75) is 13.3 Å². The van der Waals surface area contributed by atoms with E-state index >= 15 is 0 Å². The quantitative estimate of drug-likeness (QED) is 0.240. The molecule has 0 N–H and O–H groups in total. The lowest BCUT2D eigenvalue weighted by molar-refractivity contribution is -0.264. The third-order valence-corrected chi connectivity index (χ3v) is 0.583. The minimum atomic E-state index is -0.412. The number of carbonyl (C=O) groups is 1. The Hall–Kier alpha value is -1.01. The molecule has 0 aromatic rings. The highest BCUT2D eigenvalue weighted by atomic mass is 17.2. The minimum absolute atomic E-state index is 0.00569. The van der Waals surface area contributed by atoms with Crippen molar-refractivity contribution < 1.29 is 14.6 Å². The van der Waals surface area contributed by atoms with Crippen LogP contribution in [0.5, 0.6) is 0 Å². The van der Waals surface area contributed by atoms with E-state index in [1.54, 1.807) is 6.92 Å². The summed E-state index contributed by atoms with van der Waals surface area (Å²) in [6.45, 7) is 1.67. The van der Waals surface area contributed by atoms with Gasteiger partial charge in [-0.2, -0.15) is 4.89 Å². The molecule has 0 aromatic heterocycles. The van der Waals surface area contributed by atoms with Crippen LogP contribution < -0.4 is 0 Å². The first-order chi connectivity index (χ1) is 4.31. The molecule has 0 bridgehead atoms. The average Bonchev–Trinajstić information content (AvgIpc) is 1.89. The van der Waals surface area contributed by atoms with Crippen LogP contribution in [0.3, 0.4) is 0 Å².